The molecular weight excluding hydrogens is 254 g/mol. The molecule has 1 aromatic heterocycles. The molecule has 0 spiro atoms. The van der Waals surface area contributed by atoms with Gasteiger partial charge in [-0.1, -0.05) is 20.8 Å². The fourth-order valence-corrected chi connectivity index (χ4v) is 2.27. The number of rotatable bonds is 5. The Labute approximate surface area is 120 Å². The first-order valence-corrected chi connectivity index (χ1v) is 7.20. The first-order chi connectivity index (χ1) is 9.61. The van der Waals surface area contributed by atoms with Gasteiger partial charge in [0.1, 0.15) is 6.04 Å². The normalized spacial score (nSPS) is 19.3. The Morgan fingerprint density at radius 3 is 2.75 bits per heavy atom. The molecule has 2 rings (SSSR count). The highest BCUT2D eigenvalue weighted by molar-refractivity contribution is 5.85. The first-order valence-electron chi connectivity index (χ1n) is 7.20. The molecule has 6 nitrogen and oxygen atoms in total. The molecule has 1 aliphatic heterocycles. The highest BCUT2D eigenvalue weighted by Crippen LogP contribution is 2.15. The molecule has 2 heterocycles. The van der Waals surface area contributed by atoms with Crippen molar-refractivity contribution in [1.82, 2.24) is 20.6 Å². The first kappa shape index (κ1) is 14.7. The van der Waals surface area contributed by atoms with Crippen LogP contribution in [0.1, 0.15) is 32.8 Å². The van der Waals surface area contributed by atoms with E-state index in [0.717, 1.165) is 25.1 Å². The van der Waals surface area contributed by atoms with Crippen LogP contribution in [0.25, 0.3) is 0 Å². The molecule has 20 heavy (non-hydrogen) atoms. The highest BCUT2D eigenvalue weighted by atomic mass is 16.2. The Morgan fingerprint density at radius 2 is 2.15 bits per heavy atom. The van der Waals surface area contributed by atoms with E-state index in [1.165, 1.54) is 0 Å². The van der Waals surface area contributed by atoms with Crippen LogP contribution in [0.3, 0.4) is 0 Å². The largest absolute Gasteiger partial charge is 0.353 e. The van der Waals surface area contributed by atoms with Crippen molar-refractivity contribution in [2.45, 2.75) is 45.8 Å². The van der Waals surface area contributed by atoms with E-state index < -0.39 is 0 Å². The van der Waals surface area contributed by atoms with Gasteiger partial charge in [0.15, 0.2) is 0 Å². The van der Waals surface area contributed by atoms with E-state index >= 15 is 0 Å². The van der Waals surface area contributed by atoms with E-state index in [0.29, 0.717) is 18.5 Å². The molecule has 0 saturated carbocycles. The van der Waals surface area contributed by atoms with Crippen molar-refractivity contribution in [2.75, 3.05) is 18.0 Å². The van der Waals surface area contributed by atoms with Crippen molar-refractivity contribution in [3.63, 3.8) is 0 Å². The molecule has 0 bridgehead atoms. The summed E-state index contributed by atoms with van der Waals surface area (Å²) in [6.07, 6.45) is 4.42. The van der Waals surface area contributed by atoms with Gasteiger partial charge >= 0.3 is 0 Å². The minimum atomic E-state index is -0.164. The van der Waals surface area contributed by atoms with Gasteiger partial charge in [0.2, 0.25) is 11.9 Å². The maximum Gasteiger partial charge on any atom is 0.242 e. The van der Waals surface area contributed by atoms with Crippen LogP contribution in [-0.2, 0) is 11.3 Å². The topological polar surface area (TPSA) is 70.2 Å². The summed E-state index contributed by atoms with van der Waals surface area (Å²) in [6, 6.07) is 0.272. The zero-order valence-electron chi connectivity index (χ0n) is 12.4. The molecule has 1 fully saturated rings. The third kappa shape index (κ3) is 3.45. The standard InChI is InChI=1S/C14H23N5O/c1-4-12-13(20)15-5-6-19(12)14-17-8-11(9-18-14)7-16-10(2)3/h8-10,12,16H,4-7H2,1-3H3,(H,15,20). The third-order valence-electron chi connectivity index (χ3n) is 3.38. The fraction of sp³-hybridized carbons (Fsp3) is 0.643. The number of hydrogen-bond donors (Lipinski definition) is 2. The van der Waals surface area contributed by atoms with Gasteiger partial charge in [0.25, 0.3) is 0 Å². The average molecular weight is 277 g/mol. The highest BCUT2D eigenvalue weighted by Gasteiger charge is 2.29. The molecule has 0 aliphatic carbocycles. The maximum atomic E-state index is 11.8. The number of nitrogens with zero attached hydrogens (tertiary/aromatic N) is 3. The second kappa shape index (κ2) is 6.65. The summed E-state index contributed by atoms with van der Waals surface area (Å²) < 4.78 is 0. The van der Waals surface area contributed by atoms with Crippen LogP contribution in [0.15, 0.2) is 12.4 Å². The zero-order chi connectivity index (χ0) is 14.5. The van der Waals surface area contributed by atoms with Crippen molar-refractivity contribution >= 4 is 11.9 Å². The lowest BCUT2D eigenvalue weighted by atomic mass is 10.1. The summed E-state index contributed by atoms with van der Waals surface area (Å²) in [5, 5.41) is 6.21. The van der Waals surface area contributed by atoms with Crippen LogP contribution < -0.4 is 15.5 Å². The van der Waals surface area contributed by atoms with Gasteiger partial charge in [0.05, 0.1) is 0 Å². The van der Waals surface area contributed by atoms with Gasteiger partial charge < -0.3 is 15.5 Å². The number of anilines is 1. The SMILES string of the molecule is CCC1C(=O)NCCN1c1ncc(CNC(C)C)cn1. The molecule has 1 aromatic rings. The minimum Gasteiger partial charge on any atom is -0.353 e. The van der Waals surface area contributed by atoms with E-state index in [2.05, 4.69) is 34.4 Å². The quantitative estimate of drug-likeness (QED) is 0.828. The van der Waals surface area contributed by atoms with E-state index in [1.807, 2.05) is 24.2 Å². The number of hydrogen-bond acceptors (Lipinski definition) is 5. The molecule has 0 aromatic carbocycles. The lowest BCUT2D eigenvalue weighted by Crippen LogP contribution is -2.55. The summed E-state index contributed by atoms with van der Waals surface area (Å²) in [5.74, 6) is 0.702. The van der Waals surface area contributed by atoms with Gasteiger partial charge in [-0.3, -0.25) is 4.79 Å². The second-order valence-electron chi connectivity index (χ2n) is 5.34. The Bertz CT molecular complexity index is 445. The monoisotopic (exact) mass is 277 g/mol. The lowest BCUT2D eigenvalue weighted by molar-refractivity contribution is -0.123. The van der Waals surface area contributed by atoms with E-state index in [-0.39, 0.29) is 11.9 Å². The van der Waals surface area contributed by atoms with Crippen LogP contribution in [0, 0.1) is 0 Å². The molecular formula is C14H23N5O. The maximum absolute atomic E-state index is 11.8. The molecule has 1 unspecified atom stereocenters. The van der Waals surface area contributed by atoms with Crippen LogP contribution in [0.4, 0.5) is 5.95 Å². The summed E-state index contributed by atoms with van der Waals surface area (Å²) >= 11 is 0. The Kier molecular flexibility index (Phi) is 4.89. The summed E-state index contributed by atoms with van der Waals surface area (Å²) in [4.78, 5) is 22.6. The third-order valence-corrected chi connectivity index (χ3v) is 3.38. The predicted octanol–water partition coefficient (Wildman–Crippen LogP) is 0.689. The van der Waals surface area contributed by atoms with Crippen molar-refractivity contribution < 1.29 is 4.79 Å². The van der Waals surface area contributed by atoms with E-state index in [4.69, 9.17) is 0 Å². The van der Waals surface area contributed by atoms with Crippen LogP contribution in [0.5, 0.6) is 0 Å². The number of piperazine rings is 1. The van der Waals surface area contributed by atoms with Crippen molar-refractivity contribution in [3.05, 3.63) is 18.0 Å². The molecule has 1 saturated heterocycles. The number of amides is 1. The number of carbonyl (C=O) groups excluding carboxylic acids is 1. The number of aromatic nitrogens is 2. The average Bonchev–Trinajstić information content (AvgIpc) is 2.45. The lowest BCUT2D eigenvalue weighted by Gasteiger charge is -2.34. The molecule has 1 aliphatic rings. The van der Waals surface area contributed by atoms with E-state index in [9.17, 15) is 4.79 Å². The van der Waals surface area contributed by atoms with Gasteiger partial charge in [-0.05, 0) is 6.42 Å². The predicted molar refractivity (Wildman–Crippen MR) is 78.4 cm³/mol. The number of nitrogens with one attached hydrogen (secondary N) is 2. The van der Waals surface area contributed by atoms with Gasteiger partial charge in [0, 0.05) is 43.6 Å². The van der Waals surface area contributed by atoms with Crippen molar-refractivity contribution in [2.24, 2.45) is 0 Å². The second-order valence-corrected chi connectivity index (χ2v) is 5.34. The van der Waals surface area contributed by atoms with Crippen molar-refractivity contribution in [1.29, 1.82) is 0 Å². The van der Waals surface area contributed by atoms with E-state index in [1.54, 1.807) is 0 Å². The van der Waals surface area contributed by atoms with Crippen LogP contribution >= 0.6 is 0 Å². The zero-order valence-corrected chi connectivity index (χ0v) is 12.4. The summed E-state index contributed by atoms with van der Waals surface area (Å²) in [5.41, 5.74) is 1.05. The van der Waals surface area contributed by atoms with Crippen LogP contribution in [0.2, 0.25) is 0 Å². The summed E-state index contributed by atoms with van der Waals surface area (Å²) in [6.45, 7) is 8.38. The molecule has 2 N–H and O–H groups in total. The van der Waals surface area contributed by atoms with Gasteiger partial charge in [-0.15, -0.1) is 0 Å². The summed E-state index contributed by atoms with van der Waals surface area (Å²) in [7, 11) is 0. The molecule has 6 heteroatoms. The Hall–Kier alpha value is -1.69. The van der Waals surface area contributed by atoms with Crippen molar-refractivity contribution in [3.8, 4) is 0 Å². The molecule has 1 amide bonds. The molecule has 110 valence electrons. The Balaban J connectivity index is 2.06. The minimum absolute atomic E-state index is 0.0629. The molecule has 1 atom stereocenters. The number of carbonyl (C=O) groups is 1. The van der Waals surface area contributed by atoms with Gasteiger partial charge in [-0.25, -0.2) is 9.97 Å². The van der Waals surface area contributed by atoms with Crippen LogP contribution in [-0.4, -0.2) is 41.0 Å². The Morgan fingerprint density at radius 1 is 1.45 bits per heavy atom. The smallest absolute Gasteiger partial charge is 0.242 e. The molecule has 0 radical (unpaired) electrons. The fourth-order valence-electron chi connectivity index (χ4n) is 2.27. The van der Waals surface area contributed by atoms with Gasteiger partial charge in [-0.2, -0.15) is 0 Å².